The lowest BCUT2D eigenvalue weighted by Crippen LogP contribution is -2.66. The summed E-state index contributed by atoms with van der Waals surface area (Å²) in [7, 11) is 0. The lowest BCUT2D eigenvalue weighted by Gasteiger charge is -2.48. The van der Waals surface area contributed by atoms with E-state index in [4.69, 9.17) is 28.4 Å². The number of carbonyl (C=O) groups is 1. The molecule has 0 bridgehead atoms. The maximum atomic E-state index is 13.4. The highest BCUT2D eigenvalue weighted by molar-refractivity contribution is 5.76. The predicted octanol–water partition coefficient (Wildman–Crippen LogP) is 13.1. The summed E-state index contributed by atoms with van der Waals surface area (Å²) >= 11 is 0. The number of hydrogen-bond donors (Lipinski definition) is 12. The summed E-state index contributed by atoms with van der Waals surface area (Å²) in [6.07, 6.45) is 50.9. The topological polar surface area (TPSA) is 307 Å². The number of carbonyl (C=O) groups excluding carboxylic acids is 1. The molecule has 0 aromatic rings. The maximum Gasteiger partial charge on any atom is 0.220 e. The molecule has 3 aliphatic heterocycles. The van der Waals surface area contributed by atoms with Crippen molar-refractivity contribution in [2.45, 2.75) is 413 Å². The molecular formula is C80H145NO18. The van der Waals surface area contributed by atoms with Crippen LogP contribution in [0.4, 0.5) is 0 Å². The van der Waals surface area contributed by atoms with E-state index in [1.54, 1.807) is 6.08 Å². The number of nitrogens with one attached hydrogen (secondary N) is 1. The summed E-state index contributed by atoms with van der Waals surface area (Å²) in [6.45, 7) is 1.71. The summed E-state index contributed by atoms with van der Waals surface area (Å²) in [6, 6.07) is -0.997. The van der Waals surface area contributed by atoms with Crippen LogP contribution in [0.25, 0.3) is 0 Å². The van der Waals surface area contributed by atoms with Crippen LogP contribution < -0.4 is 5.32 Å². The molecule has 3 aliphatic rings. The van der Waals surface area contributed by atoms with Gasteiger partial charge in [0.25, 0.3) is 0 Å². The van der Waals surface area contributed by atoms with Crippen LogP contribution >= 0.6 is 0 Å². The van der Waals surface area contributed by atoms with Gasteiger partial charge < -0.3 is 89.9 Å². The fourth-order valence-electron chi connectivity index (χ4n) is 13.3. The van der Waals surface area contributed by atoms with Gasteiger partial charge >= 0.3 is 0 Å². The molecule has 99 heavy (non-hydrogen) atoms. The average molecular weight is 1410 g/mol. The minimum atomic E-state index is -1.98. The van der Waals surface area contributed by atoms with Crippen molar-refractivity contribution < 1.29 is 89.4 Å². The van der Waals surface area contributed by atoms with Crippen molar-refractivity contribution in [2.75, 3.05) is 26.4 Å². The van der Waals surface area contributed by atoms with Crippen LogP contribution in [-0.4, -0.2) is 193 Å². The lowest BCUT2D eigenvalue weighted by molar-refractivity contribution is -0.379. The smallest absolute Gasteiger partial charge is 0.220 e. The molecule has 17 unspecified atom stereocenters. The Morgan fingerprint density at radius 2 is 0.677 bits per heavy atom. The van der Waals surface area contributed by atoms with Gasteiger partial charge in [0.05, 0.1) is 38.6 Å². The van der Waals surface area contributed by atoms with Crippen LogP contribution in [0.15, 0.2) is 60.8 Å². The molecule has 0 radical (unpaired) electrons. The molecule has 17 atom stereocenters. The van der Waals surface area contributed by atoms with Crippen molar-refractivity contribution in [3.8, 4) is 0 Å². The number of aliphatic hydroxyl groups is 11. The molecule has 1 amide bonds. The second kappa shape index (κ2) is 60.7. The SMILES string of the molecule is CCCCCCC/C=C\C/C=C\CCCCCCCCCCCCCCCCCCCCCCCCCCCC(=O)NC(COC1OC(CO)C(OC2OC(CO)C(OC3OC(CO)C(O)C(O)C3O)C(O)C2O)C(O)C1O)C(O)/C=C/CC/C=C/CC/C=C/CCCCCCCCC. The third kappa shape index (κ3) is 41.1. The van der Waals surface area contributed by atoms with Crippen LogP contribution in [0.1, 0.15) is 309 Å². The van der Waals surface area contributed by atoms with Gasteiger partial charge in [-0.05, 0) is 77.0 Å². The van der Waals surface area contributed by atoms with Crippen molar-refractivity contribution in [2.24, 2.45) is 0 Å². The first kappa shape index (κ1) is 90.7. The van der Waals surface area contributed by atoms with E-state index < -0.39 is 124 Å². The van der Waals surface area contributed by atoms with Crippen LogP contribution in [0.2, 0.25) is 0 Å². The highest BCUT2D eigenvalue weighted by Crippen LogP contribution is 2.33. The molecule has 578 valence electrons. The Morgan fingerprint density at radius 1 is 0.364 bits per heavy atom. The first-order chi connectivity index (χ1) is 48.3. The van der Waals surface area contributed by atoms with Crippen LogP contribution in [0.5, 0.6) is 0 Å². The van der Waals surface area contributed by atoms with Gasteiger partial charge in [0.2, 0.25) is 5.91 Å². The van der Waals surface area contributed by atoms with Gasteiger partial charge in [0.15, 0.2) is 18.9 Å². The highest BCUT2D eigenvalue weighted by Gasteiger charge is 2.54. The zero-order valence-corrected chi connectivity index (χ0v) is 61.7. The highest BCUT2D eigenvalue weighted by atomic mass is 16.8. The molecule has 0 aromatic heterocycles. The normalized spacial score (nSPS) is 26.9. The molecule has 0 saturated carbocycles. The Hall–Kier alpha value is -2.51. The van der Waals surface area contributed by atoms with Gasteiger partial charge in [-0.15, -0.1) is 0 Å². The third-order valence-electron chi connectivity index (χ3n) is 19.8. The second-order valence-electron chi connectivity index (χ2n) is 28.5. The van der Waals surface area contributed by atoms with E-state index in [1.165, 1.54) is 225 Å². The Balaban J connectivity index is 1.32. The van der Waals surface area contributed by atoms with Crippen LogP contribution in [0.3, 0.4) is 0 Å². The molecule has 0 spiro atoms. The van der Waals surface area contributed by atoms with Crippen LogP contribution in [-0.2, 0) is 33.2 Å². The van der Waals surface area contributed by atoms with E-state index >= 15 is 0 Å². The predicted molar refractivity (Wildman–Crippen MR) is 392 cm³/mol. The molecule has 3 rings (SSSR count). The van der Waals surface area contributed by atoms with E-state index in [-0.39, 0.29) is 18.9 Å². The van der Waals surface area contributed by atoms with E-state index in [0.717, 1.165) is 51.4 Å². The van der Waals surface area contributed by atoms with Crippen molar-refractivity contribution >= 4 is 5.91 Å². The Morgan fingerprint density at radius 3 is 1.07 bits per heavy atom. The molecule has 3 saturated heterocycles. The van der Waals surface area contributed by atoms with Gasteiger partial charge in [0.1, 0.15) is 73.2 Å². The molecule has 12 N–H and O–H groups in total. The Bertz CT molecular complexity index is 2020. The second-order valence-corrected chi connectivity index (χ2v) is 28.5. The first-order valence-corrected chi connectivity index (χ1v) is 40.0. The summed E-state index contributed by atoms with van der Waals surface area (Å²) in [5, 5.41) is 121. The van der Waals surface area contributed by atoms with Gasteiger partial charge in [-0.2, -0.15) is 0 Å². The largest absolute Gasteiger partial charge is 0.394 e. The number of rotatable bonds is 63. The molecule has 0 aliphatic carbocycles. The number of allylic oxidation sites excluding steroid dienone is 9. The van der Waals surface area contributed by atoms with Gasteiger partial charge in [-0.3, -0.25) is 4.79 Å². The molecule has 0 aromatic carbocycles. The van der Waals surface area contributed by atoms with Gasteiger partial charge in [-0.1, -0.05) is 286 Å². The van der Waals surface area contributed by atoms with E-state index in [2.05, 4.69) is 67.8 Å². The minimum absolute atomic E-state index is 0.234. The average Bonchev–Trinajstić information content (AvgIpc) is 0.786. The van der Waals surface area contributed by atoms with Gasteiger partial charge in [-0.25, -0.2) is 0 Å². The third-order valence-corrected chi connectivity index (χ3v) is 19.8. The van der Waals surface area contributed by atoms with E-state index in [9.17, 15) is 61.0 Å². The number of unbranched alkanes of at least 4 members (excludes halogenated alkanes) is 39. The Kier molecular flexibility index (Phi) is 55.6. The minimum Gasteiger partial charge on any atom is -0.394 e. The van der Waals surface area contributed by atoms with Crippen LogP contribution in [0, 0.1) is 0 Å². The molecular weight excluding hydrogens is 1260 g/mol. The number of aliphatic hydroxyl groups excluding tert-OH is 11. The first-order valence-electron chi connectivity index (χ1n) is 40.0. The quantitative estimate of drug-likeness (QED) is 0.0199. The summed E-state index contributed by atoms with van der Waals surface area (Å²) < 4.78 is 34.4. The molecule has 19 nitrogen and oxygen atoms in total. The van der Waals surface area contributed by atoms with Gasteiger partial charge in [0, 0.05) is 6.42 Å². The van der Waals surface area contributed by atoms with Crippen molar-refractivity contribution in [3.63, 3.8) is 0 Å². The van der Waals surface area contributed by atoms with Crippen molar-refractivity contribution in [1.29, 1.82) is 0 Å². The molecule has 3 heterocycles. The number of amides is 1. The van der Waals surface area contributed by atoms with E-state index in [0.29, 0.717) is 12.8 Å². The van der Waals surface area contributed by atoms with E-state index in [1.807, 2.05) is 6.08 Å². The monoisotopic (exact) mass is 1410 g/mol. The summed E-state index contributed by atoms with van der Waals surface area (Å²) in [4.78, 5) is 13.4. The summed E-state index contributed by atoms with van der Waals surface area (Å²) in [5.41, 5.74) is 0. The zero-order valence-electron chi connectivity index (χ0n) is 61.7. The Labute approximate surface area is 598 Å². The van der Waals surface area contributed by atoms with Crippen molar-refractivity contribution in [1.82, 2.24) is 5.32 Å². The fourth-order valence-corrected chi connectivity index (χ4v) is 13.3. The molecule has 3 fully saturated rings. The number of hydrogen-bond acceptors (Lipinski definition) is 18. The maximum absolute atomic E-state index is 13.4. The van der Waals surface area contributed by atoms with Crippen molar-refractivity contribution in [3.05, 3.63) is 60.8 Å². The molecule has 19 heteroatoms. The fraction of sp³-hybridized carbons (Fsp3) is 0.863. The standard InChI is InChI=1S/C80H145NO18/c1-3-5-7-9-11-13-15-17-19-21-22-23-24-25-26-27-28-29-30-31-32-33-34-35-36-37-38-39-40-42-44-46-48-50-52-54-56-58-68(86)81-63(64(85)57-55-53-51-49-47-45-43-41-20-18-16-14-12-10-8-6-4-2)62-94-78-74(92)71(89)76(66(60-83)96-78)99-80-75(93)72(90)77(67(61-84)97-80)98-79-73(91)70(88)69(87)65(59-82)95-79/h15,17,20-22,41,47,49,55,57,63-67,69-80,82-85,87-93H,3-14,16,18-19,23-40,42-46,48,50-54,56,58-62H2,1-2H3,(H,81,86)/b17-15-,22-21-,41-20+,49-47+,57-55+. The summed E-state index contributed by atoms with van der Waals surface area (Å²) in [5.74, 6) is -0.286. The zero-order chi connectivity index (χ0) is 71.8. The number of ether oxygens (including phenoxy) is 6. The lowest BCUT2D eigenvalue weighted by atomic mass is 9.96.